The normalized spacial score (nSPS) is 14.0. The molecule has 2 heterocycles. The number of unbranched alkanes of at least 4 members (excludes halogenated alkanes) is 1. The van der Waals surface area contributed by atoms with Crippen LogP contribution in [-0.2, 0) is 33.1 Å². The number of aromatic nitrogens is 1. The summed E-state index contributed by atoms with van der Waals surface area (Å²) >= 11 is 0. The van der Waals surface area contributed by atoms with Crippen molar-refractivity contribution < 1.29 is 32.6 Å². The van der Waals surface area contributed by atoms with Gasteiger partial charge in [0, 0.05) is 38.0 Å². The predicted molar refractivity (Wildman–Crippen MR) is 137 cm³/mol. The van der Waals surface area contributed by atoms with Gasteiger partial charge in [-0.2, -0.15) is 8.78 Å². The molecule has 0 aliphatic carbocycles. The summed E-state index contributed by atoms with van der Waals surface area (Å²) in [6.45, 7) is 2.80. The highest BCUT2D eigenvalue weighted by molar-refractivity contribution is 5.88. The van der Waals surface area contributed by atoms with E-state index in [0.29, 0.717) is 19.7 Å². The van der Waals surface area contributed by atoms with E-state index in [9.17, 15) is 27.9 Å². The summed E-state index contributed by atoms with van der Waals surface area (Å²) in [4.78, 5) is 30.7. The summed E-state index contributed by atoms with van der Waals surface area (Å²) in [7, 11) is 1.56. The van der Waals surface area contributed by atoms with Crippen molar-refractivity contribution in [2.24, 2.45) is 0 Å². The molecule has 8 nitrogen and oxygen atoms in total. The molecule has 0 unspecified atom stereocenters. The van der Waals surface area contributed by atoms with Crippen LogP contribution in [0.4, 0.5) is 19.0 Å². The average Bonchev–Trinajstić information content (AvgIpc) is 2.91. The molecule has 2 aromatic rings. The fraction of sp³-hybridized carbons (Fsp3) is 0.519. The van der Waals surface area contributed by atoms with Crippen molar-refractivity contribution in [1.82, 2.24) is 15.2 Å². The van der Waals surface area contributed by atoms with Crippen LogP contribution in [0.2, 0.25) is 0 Å². The van der Waals surface area contributed by atoms with Crippen molar-refractivity contribution in [3.8, 4) is 0 Å². The Morgan fingerprint density at radius 1 is 1.16 bits per heavy atom. The standard InChI is InChI=1S/C27H35F3N4O4/c1-38-18-17-34(15-3-2-6-22-12-7-19-5-4-14-31-24(19)32-22)16-13-23(25(35)36)33-26(37)27(29,30)20-8-10-21(28)11-9-20/h7-12,23H,2-6,13-18H2,1H3,(H,31,32)(H,33,37)(H,35,36)/t23-/m0/s1. The minimum Gasteiger partial charge on any atom is -0.480 e. The Bertz CT molecular complexity index is 1070. The number of halogens is 3. The molecule has 1 amide bonds. The minimum absolute atomic E-state index is 0.0671. The number of alkyl halides is 2. The predicted octanol–water partition coefficient (Wildman–Crippen LogP) is 3.60. The number of anilines is 1. The van der Waals surface area contributed by atoms with Gasteiger partial charge in [0.15, 0.2) is 0 Å². The van der Waals surface area contributed by atoms with Gasteiger partial charge in [-0.05, 0) is 81.0 Å². The second kappa shape index (κ2) is 14.1. The zero-order valence-electron chi connectivity index (χ0n) is 21.5. The van der Waals surface area contributed by atoms with Crippen molar-refractivity contribution in [2.75, 3.05) is 45.2 Å². The van der Waals surface area contributed by atoms with E-state index in [-0.39, 0.29) is 13.0 Å². The number of ether oxygens (including phenoxy) is 1. The van der Waals surface area contributed by atoms with E-state index in [2.05, 4.69) is 17.4 Å². The molecule has 1 aliphatic heterocycles. The first-order valence-corrected chi connectivity index (χ1v) is 12.8. The summed E-state index contributed by atoms with van der Waals surface area (Å²) in [5, 5.41) is 14.8. The third-order valence-corrected chi connectivity index (χ3v) is 6.55. The van der Waals surface area contributed by atoms with E-state index < -0.39 is 35.2 Å². The molecular formula is C27H35F3N4O4. The van der Waals surface area contributed by atoms with E-state index in [4.69, 9.17) is 9.72 Å². The van der Waals surface area contributed by atoms with Crippen LogP contribution in [-0.4, -0.2) is 72.8 Å². The number of amides is 1. The molecule has 3 N–H and O–H groups in total. The van der Waals surface area contributed by atoms with Crippen molar-refractivity contribution in [2.45, 2.75) is 50.5 Å². The van der Waals surface area contributed by atoms with E-state index in [1.165, 1.54) is 5.56 Å². The summed E-state index contributed by atoms with van der Waals surface area (Å²) in [5.74, 6) is -6.92. The lowest BCUT2D eigenvalue weighted by molar-refractivity contribution is -0.152. The number of aryl methyl sites for hydroxylation is 2. The number of rotatable bonds is 15. The molecule has 0 saturated heterocycles. The van der Waals surface area contributed by atoms with E-state index in [0.717, 1.165) is 74.4 Å². The van der Waals surface area contributed by atoms with Crippen molar-refractivity contribution >= 4 is 17.7 Å². The zero-order chi connectivity index (χ0) is 27.5. The highest BCUT2D eigenvalue weighted by atomic mass is 19.3. The van der Waals surface area contributed by atoms with Crippen molar-refractivity contribution in [3.63, 3.8) is 0 Å². The lowest BCUT2D eigenvalue weighted by Crippen LogP contribution is -2.48. The van der Waals surface area contributed by atoms with Gasteiger partial charge in [0.1, 0.15) is 17.7 Å². The number of benzene rings is 1. The first kappa shape index (κ1) is 29.4. The molecule has 1 aromatic carbocycles. The topological polar surface area (TPSA) is 104 Å². The zero-order valence-corrected chi connectivity index (χ0v) is 21.5. The van der Waals surface area contributed by atoms with E-state index in [1.807, 2.05) is 10.2 Å². The van der Waals surface area contributed by atoms with Gasteiger partial charge in [-0.15, -0.1) is 0 Å². The van der Waals surface area contributed by atoms with E-state index >= 15 is 0 Å². The van der Waals surface area contributed by atoms with Gasteiger partial charge in [-0.3, -0.25) is 4.79 Å². The smallest absolute Gasteiger partial charge is 0.349 e. The lowest BCUT2D eigenvalue weighted by atomic mass is 10.1. The van der Waals surface area contributed by atoms with Crippen LogP contribution < -0.4 is 10.6 Å². The van der Waals surface area contributed by atoms with Crippen molar-refractivity contribution in [3.05, 3.63) is 59.0 Å². The van der Waals surface area contributed by atoms with Crippen LogP contribution in [0.25, 0.3) is 0 Å². The molecule has 0 saturated carbocycles. The maximum atomic E-state index is 14.5. The van der Waals surface area contributed by atoms with Gasteiger partial charge in [0.25, 0.3) is 5.91 Å². The number of hydrogen-bond donors (Lipinski definition) is 3. The van der Waals surface area contributed by atoms with Gasteiger partial charge in [-0.1, -0.05) is 6.07 Å². The first-order valence-electron chi connectivity index (χ1n) is 12.8. The van der Waals surface area contributed by atoms with E-state index in [1.54, 1.807) is 7.11 Å². The SMILES string of the molecule is COCCN(CCCCc1ccc2c(n1)NCCC2)CC[C@H](NC(=O)C(F)(F)c1ccc(F)cc1)C(=O)O. The molecule has 1 aliphatic rings. The Kier molecular flexibility index (Phi) is 10.9. The van der Waals surface area contributed by atoms with Gasteiger partial charge in [-0.25, -0.2) is 14.2 Å². The van der Waals surface area contributed by atoms with Crippen LogP contribution in [0.1, 0.15) is 42.5 Å². The van der Waals surface area contributed by atoms with Gasteiger partial charge in [0.05, 0.1) is 6.61 Å². The number of carboxylic acid groups (broad SMARTS) is 1. The molecule has 0 fully saturated rings. The maximum absolute atomic E-state index is 14.5. The number of carboxylic acids is 1. The summed E-state index contributed by atoms with van der Waals surface area (Å²) in [6.07, 6.45) is 4.57. The highest BCUT2D eigenvalue weighted by Gasteiger charge is 2.42. The van der Waals surface area contributed by atoms with Gasteiger partial charge < -0.3 is 25.4 Å². The van der Waals surface area contributed by atoms with Gasteiger partial charge in [0.2, 0.25) is 0 Å². The Labute approximate surface area is 220 Å². The number of carbonyl (C=O) groups excluding carboxylic acids is 1. The number of aliphatic carboxylic acids is 1. The number of fused-ring (bicyclic) bond motifs is 1. The number of hydrogen-bond acceptors (Lipinski definition) is 6. The number of nitrogens with one attached hydrogen (secondary N) is 2. The maximum Gasteiger partial charge on any atom is 0.349 e. The molecule has 208 valence electrons. The number of pyridine rings is 1. The quantitative estimate of drug-likeness (QED) is 0.299. The molecule has 0 spiro atoms. The Hall–Kier alpha value is -3.18. The van der Waals surface area contributed by atoms with Gasteiger partial charge >= 0.3 is 11.9 Å². The summed E-state index contributed by atoms with van der Waals surface area (Å²) in [6, 6.07) is 5.90. The Morgan fingerprint density at radius 3 is 2.63 bits per heavy atom. The van der Waals surface area contributed by atoms with Crippen LogP contribution in [0.15, 0.2) is 36.4 Å². The molecule has 3 rings (SSSR count). The van der Waals surface area contributed by atoms with Crippen LogP contribution in [0, 0.1) is 5.82 Å². The second-order valence-electron chi connectivity index (χ2n) is 9.37. The summed E-state index contributed by atoms with van der Waals surface area (Å²) < 4.78 is 47.3. The third-order valence-electron chi connectivity index (χ3n) is 6.55. The van der Waals surface area contributed by atoms with Crippen LogP contribution >= 0.6 is 0 Å². The minimum atomic E-state index is -4.00. The number of carbonyl (C=O) groups is 2. The monoisotopic (exact) mass is 536 g/mol. The largest absolute Gasteiger partial charge is 0.480 e. The average molecular weight is 537 g/mol. The van der Waals surface area contributed by atoms with Crippen molar-refractivity contribution in [1.29, 1.82) is 0 Å². The molecular weight excluding hydrogens is 501 g/mol. The fourth-order valence-corrected chi connectivity index (χ4v) is 4.31. The molecule has 11 heteroatoms. The highest BCUT2D eigenvalue weighted by Crippen LogP contribution is 2.28. The first-order chi connectivity index (χ1) is 18.2. The number of nitrogens with zero attached hydrogens (tertiary/aromatic N) is 2. The Morgan fingerprint density at radius 2 is 1.92 bits per heavy atom. The second-order valence-corrected chi connectivity index (χ2v) is 9.37. The van der Waals surface area contributed by atoms with Crippen LogP contribution in [0.3, 0.4) is 0 Å². The molecule has 1 atom stereocenters. The third kappa shape index (κ3) is 8.42. The lowest BCUT2D eigenvalue weighted by Gasteiger charge is -2.25. The molecule has 0 bridgehead atoms. The Balaban J connectivity index is 1.50. The molecule has 1 aromatic heterocycles. The number of methoxy groups -OCH3 is 1. The molecule has 38 heavy (non-hydrogen) atoms. The van der Waals surface area contributed by atoms with Crippen LogP contribution in [0.5, 0.6) is 0 Å². The fourth-order valence-electron chi connectivity index (χ4n) is 4.31. The molecule has 0 radical (unpaired) electrons. The summed E-state index contributed by atoms with van der Waals surface area (Å²) in [5.41, 5.74) is 1.53.